The van der Waals surface area contributed by atoms with Crippen LogP contribution in [0, 0.1) is 5.92 Å². The Kier molecular flexibility index (Phi) is 4.75. The summed E-state index contributed by atoms with van der Waals surface area (Å²) < 4.78 is 1.81. The molecule has 3 N–H and O–H groups in total. The van der Waals surface area contributed by atoms with E-state index in [-0.39, 0.29) is 23.1 Å². The first-order valence-corrected chi connectivity index (χ1v) is 10.5. The molecular weight excluding hydrogens is 378 g/mol. The second-order valence-corrected chi connectivity index (χ2v) is 8.29. The number of rotatable bonds is 4. The number of benzene rings is 1. The monoisotopic (exact) mass is 403 g/mol. The third kappa shape index (κ3) is 3.35. The zero-order valence-electron chi connectivity index (χ0n) is 16.9. The Morgan fingerprint density at radius 1 is 1.20 bits per heavy atom. The predicted octanol–water partition coefficient (Wildman–Crippen LogP) is 2.44. The fourth-order valence-corrected chi connectivity index (χ4v) is 4.63. The second-order valence-electron chi connectivity index (χ2n) is 8.29. The molecule has 7 nitrogen and oxygen atoms in total. The zero-order valence-corrected chi connectivity index (χ0v) is 16.9. The Morgan fingerprint density at radius 3 is 2.87 bits per heavy atom. The van der Waals surface area contributed by atoms with Gasteiger partial charge >= 0.3 is 0 Å². The molecule has 5 rings (SSSR count). The van der Waals surface area contributed by atoms with Crippen LogP contribution in [0.5, 0.6) is 0 Å². The number of nitrogens with zero attached hydrogens (tertiary/aromatic N) is 2. The van der Waals surface area contributed by atoms with Gasteiger partial charge in [-0.1, -0.05) is 30.3 Å². The van der Waals surface area contributed by atoms with Gasteiger partial charge in [-0.05, 0) is 43.5 Å². The van der Waals surface area contributed by atoms with E-state index in [1.165, 1.54) is 0 Å². The van der Waals surface area contributed by atoms with Crippen LogP contribution in [0.3, 0.4) is 0 Å². The summed E-state index contributed by atoms with van der Waals surface area (Å²) in [5, 5.41) is 6.35. The molecule has 1 amide bonds. The number of carbonyl (C=O) groups is 1. The average molecular weight is 403 g/mol. The van der Waals surface area contributed by atoms with Gasteiger partial charge in [0.05, 0.1) is 17.9 Å². The number of fused-ring (bicyclic) bond motifs is 4. The van der Waals surface area contributed by atoms with Gasteiger partial charge in [0.25, 0.3) is 11.5 Å². The highest BCUT2D eigenvalue weighted by atomic mass is 16.2. The number of carbonyl (C=O) groups excluding carboxylic acids is 1. The number of piperidine rings is 1. The van der Waals surface area contributed by atoms with Crippen molar-refractivity contribution in [3.63, 3.8) is 0 Å². The van der Waals surface area contributed by atoms with E-state index < -0.39 is 0 Å². The molecule has 7 heteroatoms. The summed E-state index contributed by atoms with van der Waals surface area (Å²) >= 11 is 0. The van der Waals surface area contributed by atoms with E-state index in [1.807, 2.05) is 43.3 Å². The standard InChI is InChI=1S/C23H25N5O2/c1-14(21-25-12-19(27-21)16-5-3-2-4-6-16)26-22(29)18-7-8-20-17-9-15(10-24-11-17)13-28(20)23(18)30/h2-8,12,14-15,17,24H,9-11,13H2,1H3,(H,25,27)(H,26,29)/t14-,15-,17+/m0/s1. The van der Waals surface area contributed by atoms with E-state index in [4.69, 9.17) is 0 Å². The molecule has 30 heavy (non-hydrogen) atoms. The van der Waals surface area contributed by atoms with Gasteiger partial charge in [-0.15, -0.1) is 0 Å². The Balaban J connectivity index is 1.35. The van der Waals surface area contributed by atoms with Gasteiger partial charge in [-0.2, -0.15) is 0 Å². The Bertz CT molecular complexity index is 1130. The lowest BCUT2D eigenvalue weighted by Gasteiger charge is -2.37. The number of hydrogen-bond donors (Lipinski definition) is 3. The number of hydrogen-bond acceptors (Lipinski definition) is 4. The molecule has 1 saturated heterocycles. The molecule has 154 valence electrons. The van der Waals surface area contributed by atoms with Crippen molar-refractivity contribution < 1.29 is 4.79 Å². The highest BCUT2D eigenvalue weighted by Gasteiger charge is 2.32. The minimum atomic E-state index is -0.366. The molecule has 0 aliphatic carbocycles. The number of amides is 1. The minimum absolute atomic E-state index is 0.188. The van der Waals surface area contributed by atoms with Crippen molar-refractivity contribution >= 4 is 5.91 Å². The van der Waals surface area contributed by atoms with Crippen molar-refractivity contribution in [2.24, 2.45) is 5.92 Å². The molecule has 1 fully saturated rings. The van der Waals surface area contributed by atoms with Crippen molar-refractivity contribution in [1.82, 2.24) is 25.2 Å². The van der Waals surface area contributed by atoms with Crippen LogP contribution < -0.4 is 16.2 Å². The molecule has 3 aromatic rings. The second kappa shape index (κ2) is 7.57. The lowest BCUT2D eigenvalue weighted by atomic mass is 9.84. The highest BCUT2D eigenvalue weighted by Crippen LogP contribution is 2.31. The van der Waals surface area contributed by atoms with Crippen LogP contribution in [-0.4, -0.2) is 33.5 Å². The van der Waals surface area contributed by atoms with Crippen LogP contribution >= 0.6 is 0 Å². The van der Waals surface area contributed by atoms with Gasteiger partial charge in [0.1, 0.15) is 11.4 Å². The normalized spacial score (nSPS) is 21.0. The number of aromatic amines is 1. The zero-order chi connectivity index (χ0) is 20.7. The summed E-state index contributed by atoms with van der Waals surface area (Å²) in [7, 11) is 0. The van der Waals surface area contributed by atoms with Gasteiger partial charge < -0.3 is 20.2 Å². The van der Waals surface area contributed by atoms with Crippen molar-refractivity contribution in [3.05, 3.63) is 76.1 Å². The Labute approximate surface area is 174 Å². The summed E-state index contributed by atoms with van der Waals surface area (Å²) in [5.41, 5.74) is 2.95. The van der Waals surface area contributed by atoms with Crippen molar-refractivity contribution in [2.75, 3.05) is 13.1 Å². The molecule has 0 saturated carbocycles. The highest BCUT2D eigenvalue weighted by molar-refractivity contribution is 5.94. The van der Waals surface area contributed by atoms with E-state index in [0.717, 1.165) is 36.5 Å². The van der Waals surface area contributed by atoms with E-state index in [0.29, 0.717) is 24.2 Å². The lowest BCUT2D eigenvalue weighted by Crippen LogP contribution is -2.46. The first-order valence-electron chi connectivity index (χ1n) is 10.5. The van der Waals surface area contributed by atoms with Crippen LogP contribution in [0.2, 0.25) is 0 Å². The average Bonchev–Trinajstić information content (AvgIpc) is 3.26. The maximum atomic E-state index is 13.1. The third-order valence-corrected chi connectivity index (χ3v) is 6.19. The molecule has 3 atom stereocenters. The summed E-state index contributed by atoms with van der Waals surface area (Å²) in [5.74, 6) is 1.08. The fourth-order valence-electron chi connectivity index (χ4n) is 4.63. The Hall–Kier alpha value is -3.19. The van der Waals surface area contributed by atoms with Crippen LogP contribution in [0.4, 0.5) is 0 Å². The first-order chi connectivity index (χ1) is 14.6. The van der Waals surface area contributed by atoms with E-state index in [2.05, 4.69) is 20.6 Å². The molecule has 0 unspecified atom stereocenters. The van der Waals surface area contributed by atoms with Gasteiger partial charge in [-0.3, -0.25) is 9.59 Å². The van der Waals surface area contributed by atoms with Crippen molar-refractivity contribution in [3.8, 4) is 11.3 Å². The number of aromatic nitrogens is 3. The summed E-state index contributed by atoms with van der Waals surface area (Å²) in [4.78, 5) is 33.6. The topological polar surface area (TPSA) is 91.8 Å². The van der Waals surface area contributed by atoms with Gasteiger partial charge in [-0.25, -0.2) is 4.98 Å². The molecule has 0 spiro atoms. The number of H-pyrrole nitrogens is 1. The smallest absolute Gasteiger partial charge is 0.263 e. The largest absolute Gasteiger partial charge is 0.342 e. The summed E-state index contributed by atoms with van der Waals surface area (Å²) in [6, 6.07) is 13.2. The van der Waals surface area contributed by atoms with Crippen molar-refractivity contribution in [1.29, 1.82) is 0 Å². The SMILES string of the molecule is C[C@H](NC(=O)c1ccc2n(c1=O)C[C@@H]1CNC[C@H]2C1)c1ncc(-c2ccccc2)[nH]1. The summed E-state index contributed by atoms with van der Waals surface area (Å²) in [6.07, 6.45) is 2.87. The molecular formula is C23H25N5O2. The van der Waals surface area contributed by atoms with E-state index in [1.54, 1.807) is 16.8 Å². The lowest BCUT2D eigenvalue weighted by molar-refractivity contribution is 0.0935. The maximum absolute atomic E-state index is 13.1. The van der Waals surface area contributed by atoms with Gasteiger partial charge in [0.15, 0.2) is 0 Å². The minimum Gasteiger partial charge on any atom is -0.342 e. The van der Waals surface area contributed by atoms with Crippen molar-refractivity contribution in [2.45, 2.75) is 31.8 Å². The molecule has 2 aromatic heterocycles. The Morgan fingerprint density at radius 2 is 2.03 bits per heavy atom. The van der Waals surface area contributed by atoms with Crippen LogP contribution in [0.15, 0.2) is 53.5 Å². The van der Waals surface area contributed by atoms with E-state index >= 15 is 0 Å². The fraction of sp³-hybridized carbons (Fsp3) is 0.348. The third-order valence-electron chi connectivity index (χ3n) is 6.19. The molecule has 1 aromatic carbocycles. The van der Waals surface area contributed by atoms with Crippen LogP contribution in [0.25, 0.3) is 11.3 Å². The number of pyridine rings is 1. The predicted molar refractivity (Wildman–Crippen MR) is 114 cm³/mol. The number of imidazole rings is 1. The van der Waals surface area contributed by atoms with E-state index in [9.17, 15) is 9.59 Å². The van der Waals surface area contributed by atoms with Gasteiger partial charge in [0, 0.05) is 24.7 Å². The van der Waals surface area contributed by atoms with Crippen LogP contribution in [-0.2, 0) is 6.54 Å². The van der Waals surface area contributed by atoms with Gasteiger partial charge in [0.2, 0.25) is 0 Å². The first kappa shape index (κ1) is 18.8. The quantitative estimate of drug-likeness (QED) is 0.624. The molecule has 2 aliphatic rings. The summed E-state index contributed by atoms with van der Waals surface area (Å²) in [6.45, 7) is 4.35. The van der Waals surface area contributed by atoms with Crippen LogP contribution in [0.1, 0.15) is 47.2 Å². The maximum Gasteiger partial charge on any atom is 0.263 e. The molecule has 4 heterocycles. The molecule has 2 aliphatic heterocycles. The number of nitrogens with one attached hydrogen (secondary N) is 3. The molecule has 0 radical (unpaired) electrons. The molecule has 2 bridgehead atoms.